The van der Waals surface area contributed by atoms with E-state index < -0.39 is 0 Å². The van der Waals surface area contributed by atoms with Gasteiger partial charge >= 0.3 is 0 Å². The van der Waals surface area contributed by atoms with E-state index >= 15 is 0 Å². The molecule has 0 saturated carbocycles. The van der Waals surface area contributed by atoms with Gasteiger partial charge in [-0.25, -0.2) is 0 Å². The van der Waals surface area contributed by atoms with E-state index in [2.05, 4.69) is 41.2 Å². The molecular weight excluding hydrogens is 222 g/mol. The third-order valence-corrected chi connectivity index (χ3v) is 3.68. The van der Waals surface area contributed by atoms with Crippen LogP contribution in [0.4, 0.5) is 0 Å². The molecule has 1 atom stereocenters. The first kappa shape index (κ1) is 13.5. The van der Waals surface area contributed by atoms with Crippen LogP contribution < -0.4 is 5.32 Å². The quantitative estimate of drug-likeness (QED) is 0.866. The average Bonchev–Trinajstić information content (AvgIpc) is 2.41. The molecule has 2 heterocycles. The SMILES string of the molecule is CC(C)CC[C@@H](c1cccnc1)N1CCNCC1. The number of hydrogen-bond donors (Lipinski definition) is 1. The summed E-state index contributed by atoms with van der Waals surface area (Å²) in [4.78, 5) is 6.89. The Labute approximate surface area is 111 Å². The third kappa shape index (κ3) is 3.79. The maximum absolute atomic E-state index is 4.29. The Morgan fingerprint density at radius 2 is 2.06 bits per heavy atom. The molecule has 0 aromatic carbocycles. The van der Waals surface area contributed by atoms with Gasteiger partial charge < -0.3 is 5.32 Å². The fourth-order valence-corrected chi connectivity index (χ4v) is 2.62. The van der Waals surface area contributed by atoms with Crippen molar-refractivity contribution in [2.45, 2.75) is 32.7 Å². The van der Waals surface area contributed by atoms with Gasteiger partial charge in [-0.15, -0.1) is 0 Å². The van der Waals surface area contributed by atoms with E-state index in [0.29, 0.717) is 6.04 Å². The molecule has 1 aromatic heterocycles. The van der Waals surface area contributed by atoms with Crippen molar-refractivity contribution in [2.24, 2.45) is 5.92 Å². The van der Waals surface area contributed by atoms with Crippen LogP contribution >= 0.6 is 0 Å². The summed E-state index contributed by atoms with van der Waals surface area (Å²) in [5.74, 6) is 0.770. The standard InChI is InChI=1S/C15H25N3/c1-13(2)5-6-15(14-4-3-7-17-12-14)18-10-8-16-9-11-18/h3-4,7,12-13,15-16H,5-6,8-11H2,1-2H3/t15-/m0/s1. The minimum Gasteiger partial charge on any atom is -0.314 e. The molecule has 0 amide bonds. The molecule has 1 aliphatic heterocycles. The zero-order valence-electron chi connectivity index (χ0n) is 11.6. The van der Waals surface area contributed by atoms with Crippen LogP contribution in [0.1, 0.15) is 38.3 Å². The number of hydrogen-bond acceptors (Lipinski definition) is 3. The van der Waals surface area contributed by atoms with Gasteiger partial charge in [0, 0.05) is 44.6 Å². The number of nitrogens with zero attached hydrogens (tertiary/aromatic N) is 2. The Morgan fingerprint density at radius 3 is 2.67 bits per heavy atom. The summed E-state index contributed by atoms with van der Waals surface area (Å²) in [6.45, 7) is 9.13. The first-order valence-electron chi connectivity index (χ1n) is 7.12. The second kappa shape index (κ2) is 6.86. The van der Waals surface area contributed by atoms with E-state index in [1.165, 1.54) is 18.4 Å². The molecule has 0 spiro atoms. The summed E-state index contributed by atoms with van der Waals surface area (Å²) < 4.78 is 0. The second-order valence-corrected chi connectivity index (χ2v) is 5.56. The lowest BCUT2D eigenvalue weighted by atomic mass is 9.97. The zero-order valence-corrected chi connectivity index (χ0v) is 11.6. The molecule has 1 saturated heterocycles. The Hall–Kier alpha value is -0.930. The van der Waals surface area contributed by atoms with E-state index in [-0.39, 0.29) is 0 Å². The van der Waals surface area contributed by atoms with Crippen molar-refractivity contribution in [1.29, 1.82) is 0 Å². The van der Waals surface area contributed by atoms with Crippen LogP contribution in [-0.2, 0) is 0 Å². The highest BCUT2D eigenvalue weighted by atomic mass is 15.2. The molecular formula is C15H25N3. The number of rotatable bonds is 5. The van der Waals surface area contributed by atoms with E-state index in [1.54, 1.807) is 0 Å². The van der Waals surface area contributed by atoms with Crippen LogP contribution in [0.2, 0.25) is 0 Å². The van der Waals surface area contributed by atoms with Crippen molar-refractivity contribution in [3.8, 4) is 0 Å². The lowest BCUT2D eigenvalue weighted by molar-refractivity contribution is 0.159. The van der Waals surface area contributed by atoms with Crippen molar-refractivity contribution in [1.82, 2.24) is 15.2 Å². The summed E-state index contributed by atoms with van der Waals surface area (Å²) in [7, 11) is 0. The minimum atomic E-state index is 0.545. The predicted octanol–water partition coefficient (Wildman–Crippen LogP) is 2.46. The smallest absolute Gasteiger partial charge is 0.0364 e. The van der Waals surface area contributed by atoms with Gasteiger partial charge in [-0.05, 0) is 30.4 Å². The van der Waals surface area contributed by atoms with Crippen molar-refractivity contribution in [3.05, 3.63) is 30.1 Å². The normalized spacial score (nSPS) is 19.1. The molecule has 2 rings (SSSR count). The number of aromatic nitrogens is 1. The first-order chi connectivity index (χ1) is 8.77. The minimum absolute atomic E-state index is 0.545. The van der Waals surface area contributed by atoms with Gasteiger partial charge in [0.2, 0.25) is 0 Å². The summed E-state index contributed by atoms with van der Waals surface area (Å²) >= 11 is 0. The Balaban J connectivity index is 2.06. The maximum atomic E-state index is 4.29. The average molecular weight is 247 g/mol. The summed E-state index contributed by atoms with van der Waals surface area (Å²) in [6, 6.07) is 4.82. The molecule has 100 valence electrons. The van der Waals surface area contributed by atoms with Crippen LogP contribution in [0, 0.1) is 5.92 Å². The Kier molecular flexibility index (Phi) is 5.14. The second-order valence-electron chi connectivity index (χ2n) is 5.56. The van der Waals surface area contributed by atoms with Crippen LogP contribution in [0.15, 0.2) is 24.5 Å². The van der Waals surface area contributed by atoms with Crippen molar-refractivity contribution >= 4 is 0 Å². The molecule has 0 aliphatic carbocycles. The number of piperazine rings is 1. The van der Waals surface area contributed by atoms with Gasteiger partial charge in [0.1, 0.15) is 0 Å². The highest BCUT2D eigenvalue weighted by Crippen LogP contribution is 2.27. The zero-order chi connectivity index (χ0) is 12.8. The van der Waals surface area contributed by atoms with Gasteiger partial charge in [0.05, 0.1) is 0 Å². The van der Waals surface area contributed by atoms with Gasteiger partial charge in [0.15, 0.2) is 0 Å². The summed E-state index contributed by atoms with van der Waals surface area (Å²) in [5.41, 5.74) is 1.38. The lowest BCUT2D eigenvalue weighted by Crippen LogP contribution is -2.45. The molecule has 3 nitrogen and oxygen atoms in total. The summed E-state index contributed by atoms with van der Waals surface area (Å²) in [5, 5.41) is 3.43. The molecule has 3 heteroatoms. The van der Waals surface area contributed by atoms with Crippen molar-refractivity contribution in [3.63, 3.8) is 0 Å². The summed E-state index contributed by atoms with van der Waals surface area (Å²) in [6.07, 6.45) is 6.42. The fourth-order valence-electron chi connectivity index (χ4n) is 2.62. The van der Waals surface area contributed by atoms with E-state index in [9.17, 15) is 0 Å². The molecule has 0 unspecified atom stereocenters. The van der Waals surface area contributed by atoms with Crippen LogP contribution in [-0.4, -0.2) is 36.1 Å². The molecule has 0 radical (unpaired) electrons. The molecule has 0 bridgehead atoms. The van der Waals surface area contributed by atoms with E-state index in [0.717, 1.165) is 32.1 Å². The highest BCUT2D eigenvalue weighted by molar-refractivity contribution is 5.14. The molecule has 1 fully saturated rings. The van der Waals surface area contributed by atoms with Gasteiger partial charge in [0.25, 0.3) is 0 Å². The number of pyridine rings is 1. The highest BCUT2D eigenvalue weighted by Gasteiger charge is 2.22. The Morgan fingerprint density at radius 1 is 1.28 bits per heavy atom. The van der Waals surface area contributed by atoms with Gasteiger partial charge in [-0.3, -0.25) is 9.88 Å². The largest absolute Gasteiger partial charge is 0.314 e. The Bertz CT molecular complexity index is 331. The predicted molar refractivity (Wildman–Crippen MR) is 75.5 cm³/mol. The van der Waals surface area contributed by atoms with Gasteiger partial charge in [-0.2, -0.15) is 0 Å². The van der Waals surface area contributed by atoms with Crippen LogP contribution in [0.3, 0.4) is 0 Å². The molecule has 1 aromatic rings. The lowest BCUT2D eigenvalue weighted by Gasteiger charge is -2.35. The first-order valence-corrected chi connectivity index (χ1v) is 7.12. The number of nitrogens with one attached hydrogen (secondary N) is 1. The molecule has 1 N–H and O–H groups in total. The topological polar surface area (TPSA) is 28.2 Å². The monoisotopic (exact) mass is 247 g/mol. The van der Waals surface area contributed by atoms with E-state index in [4.69, 9.17) is 0 Å². The molecule has 1 aliphatic rings. The van der Waals surface area contributed by atoms with Crippen molar-refractivity contribution < 1.29 is 0 Å². The third-order valence-electron chi connectivity index (χ3n) is 3.68. The van der Waals surface area contributed by atoms with Crippen LogP contribution in [0.5, 0.6) is 0 Å². The fraction of sp³-hybridized carbons (Fsp3) is 0.667. The molecule has 18 heavy (non-hydrogen) atoms. The van der Waals surface area contributed by atoms with Crippen molar-refractivity contribution in [2.75, 3.05) is 26.2 Å². The van der Waals surface area contributed by atoms with Crippen LogP contribution in [0.25, 0.3) is 0 Å². The van der Waals surface area contributed by atoms with Gasteiger partial charge in [-0.1, -0.05) is 19.9 Å². The van der Waals surface area contributed by atoms with E-state index in [1.807, 2.05) is 12.4 Å². The maximum Gasteiger partial charge on any atom is 0.0364 e.